The Labute approximate surface area is 93.1 Å². The molecule has 0 aliphatic rings. The zero-order valence-corrected chi connectivity index (χ0v) is 9.23. The van der Waals surface area contributed by atoms with Gasteiger partial charge < -0.3 is 10.0 Å². The van der Waals surface area contributed by atoms with Crippen molar-refractivity contribution >= 4 is 28.5 Å². The average molecular weight is 243 g/mol. The van der Waals surface area contributed by atoms with Crippen LogP contribution >= 0.6 is 0 Å². The highest BCUT2D eigenvalue weighted by atomic mass is 32.2. The predicted octanol–water partition coefficient (Wildman–Crippen LogP) is -1.94. The predicted molar refractivity (Wildman–Crippen MR) is 58.6 cm³/mol. The Kier molecular flexibility index (Phi) is 3.68. The topological polar surface area (TPSA) is 104 Å². The first kappa shape index (κ1) is 12.7. The number of benzene rings is 1. The summed E-state index contributed by atoms with van der Waals surface area (Å²) in [6.45, 7) is 0. The van der Waals surface area contributed by atoms with Crippen LogP contribution in [0, 0.1) is 0 Å². The van der Waals surface area contributed by atoms with Crippen LogP contribution < -0.4 is 10.2 Å². The Morgan fingerprint density at radius 3 is 2.12 bits per heavy atom. The highest BCUT2D eigenvalue weighted by molar-refractivity contribution is 7.89. The van der Waals surface area contributed by atoms with Gasteiger partial charge in [0.2, 0.25) is 10.0 Å². The lowest BCUT2D eigenvalue weighted by Gasteiger charge is -2.03. The first-order valence-electron chi connectivity index (χ1n) is 4.28. The normalized spacial score (nSPS) is 10.9. The fourth-order valence-electron chi connectivity index (χ4n) is 1.03. The van der Waals surface area contributed by atoms with Crippen LogP contribution in [0.3, 0.4) is 0 Å². The molecule has 0 atom stereocenters. The molecule has 1 aromatic carbocycles. The number of carbonyl (C=O) groups excluding carboxylic acids is 1. The third-order valence-electron chi connectivity index (χ3n) is 1.75. The average Bonchev–Trinajstić information content (AvgIpc) is 2.15. The minimum absolute atomic E-state index is 0.120. The van der Waals surface area contributed by atoms with Gasteiger partial charge in [0.25, 0.3) is 5.91 Å². The lowest BCUT2D eigenvalue weighted by Crippen LogP contribution is -2.32. The fraction of sp³-hybridized carbons (Fsp3) is 0.125. The van der Waals surface area contributed by atoms with E-state index in [9.17, 15) is 13.2 Å². The third-order valence-corrected chi connectivity index (χ3v) is 2.31. The smallest absolute Gasteiger partial charge is 0.423 e. The number of rotatable bonds is 3. The molecule has 16 heavy (non-hydrogen) atoms. The molecule has 86 valence electrons. The summed E-state index contributed by atoms with van der Waals surface area (Å²) < 4.78 is 23.3. The highest BCUT2D eigenvalue weighted by Gasteiger charge is 2.13. The zero-order valence-electron chi connectivity index (χ0n) is 8.41. The molecule has 1 amide bonds. The molecule has 6 nitrogen and oxygen atoms in total. The maximum atomic E-state index is 11.3. The molecule has 0 saturated carbocycles. The maximum Gasteiger partial charge on any atom is 0.488 e. The van der Waals surface area contributed by atoms with Crippen LogP contribution in [-0.2, 0) is 10.0 Å². The van der Waals surface area contributed by atoms with E-state index in [-0.39, 0.29) is 11.0 Å². The second-order valence-electron chi connectivity index (χ2n) is 3.20. The van der Waals surface area contributed by atoms with Crippen LogP contribution in [0.5, 0.6) is 0 Å². The number of sulfonamides is 1. The zero-order chi connectivity index (χ0) is 12.3. The van der Waals surface area contributed by atoms with Gasteiger partial charge in [-0.2, -0.15) is 0 Å². The van der Waals surface area contributed by atoms with Gasteiger partial charge in [0.05, 0.1) is 6.26 Å². The van der Waals surface area contributed by atoms with E-state index in [0.717, 1.165) is 6.26 Å². The van der Waals surface area contributed by atoms with Crippen molar-refractivity contribution in [3.8, 4) is 0 Å². The molecule has 0 unspecified atom stereocenters. The summed E-state index contributed by atoms with van der Waals surface area (Å²) in [5, 5.41) is 17.6. The fourth-order valence-corrected chi connectivity index (χ4v) is 1.49. The van der Waals surface area contributed by atoms with Crippen molar-refractivity contribution in [2.75, 3.05) is 6.26 Å². The molecule has 1 aromatic rings. The Morgan fingerprint density at radius 2 is 1.75 bits per heavy atom. The number of amides is 1. The molecule has 3 N–H and O–H groups in total. The number of carbonyl (C=O) groups is 1. The van der Waals surface area contributed by atoms with E-state index in [1.54, 1.807) is 4.72 Å². The Morgan fingerprint density at radius 1 is 1.25 bits per heavy atom. The van der Waals surface area contributed by atoms with Gasteiger partial charge in [0.1, 0.15) is 0 Å². The van der Waals surface area contributed by atoms with Crippen LogP contribution in [0.1, 0.15) is 10.4 Å². The van der Waals surface area contributed by atoms with Crippen molar-refractivity contribution in [3.63, 3.8) is 0 Å². The molecule has 0 heterocycles. The monoisotopic (exact) mass is 243 g/mol. The lowest BCUT2D eigenvalue weighted by atomic mass is 9.80. The van der Waals surface area contributed by atoms with Crippen molar-refractivity contribution in [3.05, 3.63) is 29.8 Å². The minimum atomic E-state index is -3.60. The Hall–Kier alpha value is -1.38. The molecule has 0 aromatic heterocycles. The van der Waals surface area contributed by atoms with Gasteiger partial charge in [-0.3, -0.25) is 4.79 Å². The molecular weight excluding hydrogens is 233 g/mol. The summed E-state index contributed by atoms with van der Waals surface area (Å²) >= 11 is 0. The van der Waals surface area contributed by atoms with E-state index in [1.165, 1.54) is 24.3 Å². The number of hydrogen-bond acceptors (Lipinski definition) is 5. The molecule has 0 bridgehead atoms. The second kappa shape index (κ2) is 4.64. The summed E-state index contributed by atoms with van der Waals surface area (Å²) in [5.74, 6) is -0.763. The van der Waals surface area contributed by atoms with Gasteiger partial charge in [-0.25, -0.2) is 13.1 Å². The molecule has 0 fully saturated rings. The third kappa shape index (κ3) is 3.65. The molecule has 0 saturated heterocycles. The van der Waals surface area contributed by atoms with Crippen LogP contribution in [-0.4, -0.2) is 37.7 Å². The van der Waals surface area contributed by atoms with Crippen molar-refractivity contribution in [2.24, 2.45) is 0 Å². The molecule has 1 rings (SSSR count). The van der Waals surface area contributed by atoms with Gasteiger partial charge in [-0.1, -0.05) is 12.1 Å². The molecule has 0 aliphatic heterocycles. The van der Waals surface area contributed by atoms with Crippen LogP contribution in [0.4, 0.5) is 0 Å². The van der Waals surface area contributed by atoms with Crippen LogP contribution in [0.15, 0.2) is 24.3 Å². The first-order chi connectivity index (χ1) is 7.29. The summed E-state index contributed by atoms with van der Waals surface area (Å²) in [6, 6.07) is 5.24. The summed E-state index contributed by atoms with van der Waals surface area (Å²) in [7, 11) is -5.21. The standard InChI is InChI=1S/C8H10BNO5S/c1-16(14,15)10-8(11)6-2-4-7(5-3-6)9(12)13/h2-5,12-13H,1H3,(H,10,11). The lowest BCUT2D eigenvalue weighted by molar-refractivity contribution is 0.0981. The molecule has 0 spiro atoms. The van der Waals surface area contributed by atoms with Gasteiger partial charge in [0.15, 0.2) is 0 Å². The quantitative estimate of drug-likeness (QED) is 0.535. The first-order valence-corrected chi connectivity index (χ1v) is 6.17. The summed E-state index contributed by atoms with van der Waals surface area (Å²) in [5.41, 5.74) is 0.339. The largest absolute Gasteiger partial charge is 0.488 e. The Bertz CT molecular complexity index is 482. The van der Waals surface area contributed by atoms with Crippen molar-refractivity contribution < 1.29 is 23.3 Å². The van der Waals surface area contributed by atoms with E-state index in [4.69, 9.17) is 10.0 Å². The number of hydrogen-bond donors (Lipinski definition) is 3. The van der Waals surface area contributed by atoms with Gasteiger partial charge in [-0.05, 0) is 17.6 Å². The van der Waals surface area contributed by atoms with Gasteiger partial charge >= 0.3 is 7.12 Å². The summed E-state index contributed by atoms with van der Waals surface area (Å²) in [4.78, 5) is 11.3. The molecule has 8 heteroatoms. The number of nitrogens with one attached hydrogen (secondary N) is 1. The van der Waals surface area contributed by atoms with E-state index < -0.39 is 23.0 Å². The van der Waals surface area contributed by atoms with Crippen LogP contribution in [0.25, 0.3) is 0 Å². The van der Waals surface area contributed by atoms with E-state index in [0.29, 0.717) is 0 Å². The van der Waals surface area contributed by atoms with Crippen molar-refractivity contribution in [1.29, 1.82) is 0 Å². The SMILES string of the molecule is CS(=O)(=O)NC(=O)c1ccc(B(O)O)cc1. The van der Waals surface area contributed by atoms with E-state index in [1.807, 2.05) is 0 Å². The van der Waals surface area contributed by atoms with E-state index in [2.05, 4.69) is 0 Å². The highest BCUT2D eigenvalue weighted by Crippen LogP contribution is 1.98. The van der Waals surface area contributed by atoms with Gasteiger partial charge in [-0.15, -0.1) is 0 Å². The molecule has 0 aliphatic carbocycles. The molecular formula is C8H10BNO5S. The Balaban J connectivity index is 2.86. The second-order valence-corrected chi connectivity index (χ2v) is 4.95. The minimum Gasteiger partial charge on any atom is -0.423 e. The van der Waals surface area contributed by atoms with Crippen molar-refractivity contribution in [2.45, 2.75) is 0 Å². The van der Waals surface area contributed by atoms with Gasteiger partial charge in [0, 0.05) is 5.56 Å². The summed E-state index contributed by atoms with van der Waals surface area (Å²) in [6.07, 6.45) is 0.872. The molecule has 0 radical (unpaired) electrons. The van der Waals surface area contributed by atoms with E-state index >= 15 is 0 Å². The maximum absolute atomic E-state index is 11.3. The van der Waals surface area contributed by atoms with Crippen LogP contribution in [0.2, 0.25) is 0 Å². The van der Waals surface area contributed by atoms with Crippen molar-refractivity contribution in [1.82, 2.24) is 4.72 Å².